The lowest BCUT2D eigenvalue weighted by Gasteiger charge is -2.30. The molecule has 0 aromatic heterocycles. The highest BCUT2D eigenvalue weighted by atomic mass is 16.2. The predicted octanol–water partition coefficient (Wildman–Crippen LogP) is 4.75. The number of anilines is 2. The lowest BCUT2D eigenvalue weighted by Crippen LogP contribution is -2.39. The van der Waals surface area contributed by atoms with Gasteiger partial charge in [0.15, 0.2) is 0 Å². The van der Waals surface area contributed by atoms with Crippen LogP contribution in [0.25, 0.3) is 0 Å². The van der Waals surface area contributed by atoms with Crippen molar-refractivity contribution in [3.05, 3.63) is 59.7 Å². The third kappa shape index (κ3) is 3.45. The summed E-state index contributed by atoms with van der Waals surface area (Å²) in [6.45, 7) is 5.10. The summed E-state index contributed by atoms with van der Waals surface area (Å²) in [4.78, 5) is 12.4. The molecular formula is C21H26N2O. The smallest absolute Gasteiger partial charge is 0.247 e. The zero-order valence-electron chi connectivity index (χ0n) is 14.7. The first-order valence-corrected chi connectivity index (χ1v) is 9.01. The van der Waals surface area contributed by atoms with Gasteiger partial charge in [-0.15, -0.1) is 0 Å². The topological polar surface area (TPSA) is 23.6 Å². The molecule has 1 heterocycles. The highest BCUT2D eigenvalue weighted by Crippen LogP contribution is 2.28. The number of carbonyl (C=O) groups excluding carboxylic acids is 1. The number of hydrogen-bond acceptors (Lipinski definition) is 2. The van der Waals surface area contributed by atoms with E-state index in [1.165, 1.54) is 24.0 Å². The van der Waals surface area contributed by atoms with Crippen molar-refractivity contribution in [2.45, 2.75) is 46.0 Å². The number of nitrogens with zero attached hydrogens (tertiary/aromatic N) is 2. The third-order valence-electron chi connectivity index (χ3n) is 4.66. The summed E-state index contributed by atoms with van der Waals surface area (Å²) in [5.41, 5.74) is 4.69. The van der Waals surface area contributed by atoms with Crippen molar-refractivity contribution >= 4 is 17.3 Å². The first-order valence-electron chi connectivity index (χ1n) is 9.01. The number of amides is 1. The van der Waals surface area contributed by atoms with E-state index in [0.717, 1.165) is 30.8 Å². The van der Waals surface area contributed by atoms with E-state index in [2.05, 4.69) is 67.4 Å². The molecule has 1 aliphatic rings. The molecule has 0 radical (unpaired) electrons. The Morgan fingerprint density at radius 1 is 0.875 bits per heavy atom. The average molecular weight is 322 g/mol. The van der Waals surface area contributed by atoms with Crippen molar-refractivity contribution in [2.75, 3.05) is 16.6 Å². The largest absolute Gasteiger partial charge is 0.278 e. The van der Waals surface area contributed by atoms with Crippen LogP contribution in [-0.4, -0.2) is 12.5 Å². The van der Waals surface area contributed by atoms with Gasteiger partial charge < -0.3 is 0 Å². The maximum absolute atomic E-state index is 12.4. The molecule has 3 rings (SSSR count). The maximum atomic E-state index is 12.4. The Morgan fingerprint density at radius 2 is 1.50 bits per heavy atom. The molecule has 2 aromatic rings. The average Bonchev–Trinajstić information content (AvgIpc) is 3.02. The third-order valence-corrected chi connectivity index (χ3v) is 4.66. The number of unbranched alkanes of at least 4 members (excludes halogenated alkanes) is 1. The monoisotopic (exact) mass is 322 g/mol. The maximum Gasteiger partial charge on any atom is 0.247 e. The van der Waals surface area contributed by atoms with Crippen LogP contribution in [-0.2, 0) is 17.6 Å². The second-order valence-electron chi connectivity index (χ2n) is 6.37. The first kappa shape index (κ1) is 16.6. The van der Waals surface area contributed by atoms with E-state index >= 15 is 0 Å². The van der Waals surface area contributed by atoms with Crippen molar-refractivity contribution < 1.29 is 4.79 Å². The Kier molecular flexibility index (Phi) is 5.19. The molecule has 1 aliphatic heterocycles. The fraction of sp³-hybridized carbons (Fsp3) is 0.381. The van der Waals surface area contributed by atoms with Crippen molar-refractivity contribution in [2.24, 2.45) is 0 Å². The fourth-order valence-corrected chi connectivity index (χ4v) is 3.16. The van der Waals surface area contributed by atoms with Gasteiger partial charge in [-0.25, -0.2) is 5.01 Å². The molecule has 0 saturated carbocycles. The van der Waals surface area contributed by atoms with E-state index in [9.17, 15) is 4.79 Å². The van der Waals surface area contributed by atoms with Gasteiger partial charge >= 0.3 is 0 Å². The fourth-order valence-electron chi connectivity index (χ4n) is 3.16. The molecule has 0 N–H and O–H groups in total. The van der Waals surface area contributed by atoms with Crippen molar-refractivity contribution in [1.29, 1.82) is 0 Å². The minimum absolute atomic E-state index is 0.163. The number of hydrogen-bond donors (Lipinski definition) is 0. The normalized spacial score (nSPS) is 14.5. The first-order chi connectivity index (χ1) is 11.7. The molecule has 3 heteroatoms. The Hall–Kier alpha value is -2.29. The number of benzene rings is 2. The van der Waals surface area contributed by atoms with Gasteiger partial charge in [-0.3, -0.25) is 9.80 Å². The molecule has 2 aromatic carbocycles. The summed E-state index contributed by atoms with van der Waals surface area (Å²) >= 11 is 0. The van der Waals surface area contributed by atoms with Crippen LogP contribution in [0.1, 0.15) is 44.2 Å². The summed E-state index contributed by atoms with van der Waals surface area (Å²) < 4.78 is 0. The van der Waals surface area contributed by atoms with Crippen LogP contribution in [0.4, 0.5) is 11.4 Å². The molecule has 126 valence electrons. The molecule has 1 amide bonds. The summed E-state index contributed by atoms with van der Waals surface area (Å²) in [6.07, 6.45) is 5.11. The van der Waals surface area contributed by atoms with Gasteiger partial charge in [0.25, 0.3) is 0 Å². The van der Waals surface area contributed by atoms with Crippen LogP contribution in [0.2, 0.25) is 0 Å². The molecule has 0 bridgehead atoms. The van der Waals surface area contributed by atoms with Crippen LogP contribution in [0.5, 0.6) is 0 Å². The Bertz CT molecular complexity index is 676. The molecule has 0 atom stereocenters. The van der Waals surface area contributed by atoms with Gasteiger partial charge in [-0.05, 0) is 54.7 Å². The molecule has 0 unspecified atom stereocenters. The molecule has 24 heavy (non-hydrogen) atoms. The predicted molar refractivity (Wildman–Crippen MR) is 100 cm³/mol. The van der Waals surface area contributed by atoms with Crippen molar-refractivity contribution in [3.8, 4) is 0 Å². The molecule has 0 spiro atoms. The Morgan fingerprint density at radius 3 is 2.12 bits per heavy atom. The minimum Gasteiger partial charge on any atom is -0.278 e. The van der Waals surface area contributed by atoms with E-state index in [1.54, 1.807) is 0 Å². The Balaban J connectivity index is 1.82. The highest BCUT2D eigenvalue weighted by Gasteiger charge is 2.30. The summed E-state index contributed by atoms with van der Waals surface area (Å²) in [6, 6.07) is 16.9. The SMILES string of the molecule is CCCCc1ccc(N2C(=O)CCN2c2ccc(CC)cc2)cc1. The second-order valence-corrected chi connectivity index (χ2v) is 6.37. The van der Waals surface area contributed by atoms with Crippen molar-refractivity contribution in [3.63, 3.8) is 0 Å². The lowest BCUT2D eigenvalue weighted by molar-refractivity contribution is -0.117. The van der Waals surface area contributed by atoms with Crippen LogP contribution in [0.15, 0.2) is 48.5 Å². The number of carbonyl (C=O) groups is 1. The molecule has 1 fully saturated rings. The highest BCUT2D eigenvalue weighted by molar-refractivity contribution is 5.99. The molecule has 1 saturated heterocycles. The van der Waals surface area contributed by atoms with Gasteiger partial charge in [-0.2, -0.15) is 0 Å². The minimum atomic E-state index is 0.163. The zero-order valence-corrected chi connectivity index (χ0v) is 14.7. The van der Waals surface area contributed by atoms with E-state index in [1.807, 2.05) is 5.01 Å². The van der Waals surface area contributed by atoms with Gasteiger partial charge in [-0.1, -0.05) is 44.5 Å². The van der Waals surface area contributed by atoms with E-state index < -0.39 is 0 Å². The summed E-state index contributed by atoms with van der Waals surface area (Å²) in [7, 11) is 0. The van der Waals surface area contributed by atoms with Crippen LogP contribution < -0.4 is 10.0 Å². The summed E-state index contributed by atoms with van der Waals surface area (Å²) in [5.74, 6) is 0.163. The van der Waals surface area contributed by atoms with Gasteiger partial charge in [0.2, 0.25) is 5.91 Å². The molecule has 0 aliphatic carbocycles. The lowest BCUT2D eigenvalue weighted by atomic mass is 10.1. The number of aryl methyl sites for hydroxylation is 2. The molecule has 3 nitrogen and oxygen atoms in total. The Labute approximate surface area is 144 Å². The quantitative estimate of drug-likeness (QED) is 0.766. The van der Waals surface area contributed by atoms with Crippen LogP contribution in [0.3, 0.4) is 0 Å². The molecular weight excluding hydrogens is 296 g/mol. The van der Waals surface area contributed by atoms with E-state index in [4.69, 9.17) is 0 Å². The number of hydrazine groups is 1. The van der Waals surface area contributed by atoms with E-state index in [-0.39, 0.29) is 5.91 Å². The second kappa shape index (κ2) is 7.52. The van der Waals surface area contributed by atoms with Gasteiger partial charge in [0.1, 0.15) is 0 Å². The van der Waals surface area contributed by atoms with Gasteiger partial charge in [0, 0.05) is 13.0 Å². The van der Waals surface area contributed by atoms with Crippen LogP contribution >= 0.6 is 0 Å². The standard InChI is InChI=1S/C21H26N2O/c1-3-5-6-18-9-13-20(14-10-18)23-21(24)15-16-22(23)19-11-7-17(4-2)8-12-19/h7-14H,3-6,15-16H2,1-2H3. The zero-order chi connectivity index (χ0) is 16.9. The van der Waals surface area contributed by atoms with Gasteiger partial charge in [0.05, 0.1) is 11.4 Å². The van der Waals surface area contributed by atoms with E-state index in [0.29, 0.717) is 6.42 Å². The van der Waals surface area contributed by atoms with Crippen molar-refractivity contribution in [1.82, 2.24) is 0 Å². The summed E-state index contributed by atoms with van der Waals surface area (Å²) in [5, 5.41) is 3.91. The number of rotatable bonds is 6. The van der Waals surface area contributed by atoms with Crippen LogP contribution in [0, 0.1) is 0 Å².